The number of rotatable bonds is 4. The molecule has 19 heavy (non-hydrogen) atoms. The first-order valence-electron chi connectivity index (χ1n) is 6.68. The Labute approximate surface area is 114 Å². The number of carbonyl (C=O) groups excluding carboxylic acids is 1. The van der Waals surface area contributed by atoms with Crippen LogP contribution in [0.3, 0.4) is 0 Å². The van der Waals surface area contributed by atoms with Crippen molar-refractivity contribution in [3.63, 3.8) is 0 Å². The Bertz CT molecular complexity index is 471. The minimum absolute atomic E-state index is 0.0892. The lowest BCUT2D eigenvalue weighted by molar-refractivity contribution is -0.130. The summed E-state index contributed by atoms with van der Waals surface area (Å²) < 4.78 is 5.87. The van der Waals surface area contributed by atoms with Crippen molar-refractivity contribution < 1.29 is 9.53 Å². The molecule has 4 nitrogen and oxygen atoms in total. The molecule has 104 valence electrons. The number of hydrogen-bond acceptors (Lipinski definition) is 3. The molecule has 1 heterocycles. The third-order valence-corrected chi connectivity index (χ3v) is 3.42. The van der Waals surface area contributed by atoms with Crippen molar-refractivity contribution in [3.8, 4) is 5.75 Å². The van der Waals surface area contributed by atoms with Crippen molar-refractivity contribution in [1.82, 2.24) is 10.2 Å². The molecule has 1 aliphatic heterocycles. The number of ether oxygens (including phenoxy) is 1. The van der Waals surface area contributed by atoms with Gasteiger partial charge in [0.1, 0.15) is 11.9 Å². The van der Waals surface area contributed by atoms with E-state index >= 15 is 0 Å². The molecule has 2 unspecified atom stereocenters. The minimum atomic E-state index is -0.177. The Balaban J connectivity index is 1.86. The molecule has 0 spiro atoms. The molecule has 4 heteroatoms. The molecular formula is C15H22N2O2. The highest BCUT2D eigenvalue weighted by molar-refractivity contribution is 5.80. The number of amides is 1. The van der Waals surface area contributed by atoms with Gasteiger partial charge in [0.25, 0.3) is 0 Å². The highest BCUT2D eigenvalue weighted by Gasteiger charge is 2.24. The second-order valence-electron chi connectivity index (χ2n) is 5.42. The summed E-state index contributed by atoms with van der Waals surface area (Å²) in [5, 5.41) is 3.24. The van der Waals surface area contributed by atoms with Gasteiger partial charge >= 0.3 is 0 Å². The first kappa shape index (κ1) is 13.9. The lowest BCUT2D eigenvalue weighted by atomic mass is 10.1. The molecule has 1 aromatic rings. The van der Waals surface area contributed by atoms with Crippen LogP contribution in [0.2, 0.25) is 0 Å². The van der Waals surface area contributed by atoms with E-state index < -0.39 is 0 Å². The predicted molar refractivity (Wildman–Crippen MR) is 75.5 cm³/mol. The monoisotopic (exact) mass is 262 g/mol. The summed E-state index contributed by atoms with van der Waals surface area (Å²) >= 11 is 0. The van der Waals surface area contributed by atoms with Gasteiger partial charge in [-0.05, 0) is 25.5 Å². The van der Waals surface area contributed by atoms with Crippen molar-refractivity contribution in [2.75, 3.05) is 20.6 Å². The third kappa shape index (κ3) is 3.26. The summed E-state index contributed by atoms with van der Waals surface area (Å²) in [5.41, 5.74) is 2.52. The van der Waals surface area contributed by atoms with Gasteiger partial charge in [0.15, 0.2) is 0 Å². The summed E-state index contributed by atoms with van der Waals surface area (Å²) in [7, 11) is 3.54. The molecule has 1 N–H and O–H groups in total. The summed E-state index contributed by atoms with van der Waals surface area (Å²) in [4.78, 5) is 13.3. The molecular weight excluding hydrogens is 240 g/mol. The zero-order chi connectivity index (χ0) is 14.0. The van der Waals surface area contributed by atoms with Gasteiger partial charge in [0.05, 0.1) is 6.04 Å². The first-order valence-corrected chi connectivity index (χ1v) is 6.68. The van der Waals surface area contributed by atoms with E-state index in [1.54, 1.807) is 19.0 Å². The van der Waals surface area contributed by atoms with Crippen molar-refractivity contribution in [3.05, 3.63) is 29.3 Å². The Morgan fingerprint density at radius 2 is 2.26 bits per heavy atom. The average Bonchev–Trinajstić information content (AvgIpc) is 2.76. The lowest BCUT2D eigenvalue weighted by Gasteiger charge is -2.20. The number of likely N-dealkylation sites (N-methyl/N-ethyl adjacent to an activating group) is 1. The predicted octanol–water partition coefficient (Wildman–Crippen LogP) is 1.36. The van der Waals surface area contributed by atoms with Gasteiger partial charge in [0.2, 0.25) is 5.91 Å². The standard InChI is InChI=1S/C15H22N2O2/c1-10-5-6-14-12(7-10)8-13(19-14)9-16-11(2)15(18)17(3)4/h5-7,11,13,16H,8-9H2,1-4H3. The number of carbonyl (C=O) groups is 1. The summed E-state index contributed by atoms with van der Waals surface area (Å²) in [6, 6.07) is 6.08. The van der Waals surface area contributed by atoms with Crippen molar-refractivity contribution in [1.29, 1.82) is 0 Å². The zero-order valence-electron chi connectivity index (χ0n) is 12.1. The van der Waals surface area contributed by atoms with E-state index in [9.17, 15) is 4.79 Å². The number of benzene rings is 1. The highest BCUT2D eigenvalue weighted by Crippen LogP contribution is 2.29. The van der Waals surface area contributed by atoms with Crippen LogP contribution in [0.5, 0.6) is 5.75 Å². The van der Waals surface area contributed by atoms with Crippen LogP contribution in [0.25, 0.3) is 0 Å². The maximum absolute atomic E-state index is 11.7. The topological polar surface area (TPSA) is 41.6 Å². The molecule has 0 aliphatic carbocycles. The SMILES string of the molecule is Cc1ccc2c(c1)CC(CNC(C)C(=O)N(C)C)O2. The van der Waals surface area contributed by atoms with Crippen molar-refractivity contribution in [2.24, 2.45) is 0 Å². The van der Waals surface area contributed by atoms with E-state index in [0.29, 0.717) is 6.54 Å². The smallest absolute Gasteiger partial charge is 0.238 e. The van der Waals surface area contributed by atoms with Crippen molar-refractivity contribution >= 4 is 5.91 Å². The summed E-state index contributed by atoms with van der Waals surface area (Å²) in [6.45, 7) is 4.66. The van der Waals surface area contributed by atoms with Crippen LogP contribution < -0.4 is 10.1 Å². The molecule has 0 saturated heterocycles. The number of nitrogens with one attached hydrogen (secondary N) is 1. The Morgan fingerprint density at radius 3 is 2.95 bits per heavy atom. The molecule has 1 amide bonds. The van der Waals surface area contributed by atoms with Gasteiger partial charge in [-0.3, -0.25) is 4.79 Å². The molecule has 0 radical (unpaired) electrons. The van der Waals surface area contributed by atoms with Gasteiger partial charge in [-0.15, -0.1) is 0 Å². The number of aryl methyl sites for hydroxylation is 1. The fourth-order valence-corrected chi connectivity index (χ4v) is 2.35. The number of fused-ring (bicyclic) bond motifs is 1. The second-order valence-corrected chi connectivity index (χ2v) is 5.42. The van der Waals surface area contributed by atoms with Crippen LogP contribution in [-0.2, 0) is 11.2 Å². The van der Waals surface area contributed by atoms with Crippen molar-refractivity contribution in [2.45, 2.75) is 32.4 Å². The lowest BCUT2D eigenvalue weighted by Crippen LogP contribution is -2.45. The van der Waals surface area contributed by atoms with Gasteiger partial charge in [-0.1, -0.05) is 17.7 Å². The molecule has 0 fully saturated rings. The Hall–Kier alpha value is -1.55. The zero-order valence-corrected chi connectivity index (χ0v) is 12.1. The number of nitrogens with zero attached hydrogens (tertiary/aromatic N) is 1. The van der Waals surface area contributed by atoms with Crippen LogP contribution in [0.4, 0.5) is 0 Å². The maximum Gasteiger partial charge on any atom is 0.238 e. The molecule has 1 aliphatic rings. The molecule has 0 saturated carbocycles. The Kier molecular flexibility index (Phi) is 4.10. The molecule has 0 bridgehead atoms. The normalized spacial score (nSPS) is 18.6. The molecule has 2 atom stereocenters. The number of hydrogen-bond donors (Lipinski definition) is 1. The second kappa shape index (κ2) is 5.61. The van der Waals surface area contributed by atoms with Crippen LogP contribution >= 0.6 is 0 Å². The van der Waals surface area contributed by atoms with Crippen LogP contribution in [0, 0.1) is 6.92 Å². The molecule has 2 rings (SSSR count). The quantitative estimate of drug-likeness (QED) is 0.891. The summed E-state index contributed by atoms with van der Waals surface area (Å²) in [6.07, 6.45) is 1.03. The summed E-state index contributed by atoms with van der Waals surface area (Å²) in [5.74, 6) is 1.07. The fourth-order valence-electron chi connectivity index (χ4n) is 2.35. The first-order chi connectivity index (χ1) is 8.97. The van der Waals surface area contributed by atoms with E-state index in [4.69, 9.17) is 4.74 Å². The molecule has 1 aromatic carbocycles. The fraction of sp³-hybridized carbons (Fsp3) is 0.533. The van der Waals surface area contributed by atoms with E-state index in [2.05, 4.69) is 24.4 Å². The van der Waals surface area contributed by atoms with E-state index in [1.165, 1.54) is 11.1 Å². The van der Waals surface area contributed by atoms with Crippen LogP contribution in [0.1, 0.15) is 18.1 Å². The van der Waals surface area contributed by atoms with Crippen LogP contribution in [0.15, 0.2) is 18.2 Å². The minimum Gasteiger partial charge on any atom is -0.488 e. The maximum atomic E-state index is 11.7. The van der Waals surface area contributed by atoms with Gasteiger partial charge in [0, 0.05) is 27.1 Å². The van der Waals surface area contributed by atoms with Gasteiger partial charge in [-0.25, -0.2) is 0 Å². The van der Waals surface area contributed by atoms with E-state index in [-0.39, 0.29) is 18.1 Å². The largest absolute Gasteiger partial charge is 0.488 e. The van der Waals surface area contributed by atoms with E-state index in [0.717, 1.165) is 12.2 Å². The highest BCUT2D eigenvalue weighted by atomic mass is 16.5. The Morgan fingerprint density at radius 1 is 1.53 bits per heavy atom. The van der Waals surface area contributed by atoms with Gasteiger partial charge < -0.3 is 15.0 Å². The average molecular weight is 262 g/mol. The molecule has 0 aromatic heterocycles. The third-order valence-electron chi connectivity index (χ3n) is 3.42. The van der Waals surface area contributed by atoms with E-state index in [1.807, 2.05) is 13.0 Å². The van der Waals surface area contributed by atoms with Gasteiger partial charge in [-0.2, -0.15) is 0 Å². The van der Waals surface area contributed by atoms with Crippen LogP contribution in [-0.4, -0.2) is 43.6 Å².